The van der Waals surface area contributed by atoms with Crippen molar-refractivity contribution in [2.24, 2.45) is 0 Å². The molecule has 160 valence electrons. The van der Waals surface area contributed by atoms with E-state index in [1.807, 2.05) is 23.6 Å². The Morgan fingerprint density at radius 1 is 1.13 bits per heavy atom. The van der Waals surface area contributed by atoms with Gasteiger partial charge in [0, 0.05) is 16.6 Å². The number of thiophene rings is 1. The number of aromatic nitrogens is 1. The smallest absolute Gasteiger partial charge is 0.339 e. The zero-order valence-corrected chi connectivity index (χ0v) is 18.1. The van der Waals surface area contributed by atoms with E-state index in [0.29, 0.717) is 48.2 Å². The fourth-order valence-electron chi connectivity index (χ4n) is 3.28. The predicted octanol–water partition coefficient (Wildman–Crippen LogP) is 4.25. The molecule has 0 spiro atoms. The van der Waals surface area contributed by atoms with E-state index in [-0.39, 0.29) is 18.2 Å². The number of carbonyl (C=O) groups is 2. The number of hydrogen-bond acceptors (Lipinski definition) is 7. The Balaban J connectivity index is 1.68. The van der Waals surface area contributed by atoms with Gasteiger partial charge in [-0.05, 0) is 49.6 Å². The highest BCUT2D eigenvalue weighted by Crippen LogP contribution is 2.35. The van der Waals surface area contributed by atoms with Crippen LogP contribution in [0.2, 0.25) is 0 Å². The summed E-state index contributed by atoms with van der Waals surface area (Å²) in [7, 11) is 0. The maximum absolute atomic E-state index is 13.5. The summed E-state index contributed by atoms with van der Waals surface area (Å²) in [5.74, 6) is 0.540. The average molecular weight is 439 g/mol. The number of amides is 1. The van der Waals surface area contributed by atoms with Gasteiger partial charge in [-0.15, -0.1) is 11.3 Å². The maximum Gasteiger partial charge on any atom is 0.339 e. The molecule has 3 aromatic rings. The second-order valence-corrected chi connectivity index (χ2v) is 7.88. The number of hydrogen-bond donors (Lipinski definition) is 0. The van der Waals surface area contributed by atoms with Crippen molar-refractivity contribution >= 4 is 28.9 Å². The number of aryl methyl sites for hydroxylation is 1. The molecule has 1 amide bonds. The summed E-state index contributed by atoms with van der Waals surface area (Å²) >= 11 is 1.57. The molecule has 0 N–H and O–H groups in total. The Kier molecular flexibility index (Phi) is 6.18. The number of ether oxygens (including phenoxy) is 3. The van der Waals surface area contributed by atoms with Gasteiger partial charge >= 0.3 is 5.97 Å². The quantitative estimate of drug-likeness (QED) is 0.536. The van der Waals surface area contributed by atoms with E-state index >= 15 is 0 Å². The Hall–Kier alpha value is -3.39. The Labute approximate surface area is 184 Å². The Morgan fingerprint density at radius 3 is 2.65 bits per heavy atom. The molecule has 31 heavy (non-hydrogen) atoms. The molecule has 0 saturated heterocycles. The van der Waals surface area contributed by atoms with Crippen molar-refractivity contribution < 1.29 is 23.8 Å². The van der Waals surface area contributed by atoms with Gasteiger partial charge in [-0.2, -0.15) is 0 Å². The monoisotopic (exact) mass is 438 g/mol. The van der Waals surface area contributed by atoms with Gasteiger partial charge in [-0.1, -0.05) is 6.07 Å². The van der Waals surface area contributed by atoms with E-state index in [4.69, 9.17) is 14.2 Å². The van der Waals surface area contributed by atoms with Crippen LogP contribution in [0.1, 0.15) is 38.3 Å². The summed E-state index contributed by atoms with van der Waals surface area (Å²) in [5.41, 5.74) is 1.72. The molecular weight excluding hydrogens is 416 g/mol. The van der Waals surface area contributed by atoms with Crippen molar-refractivity contribution in [3.8, 4) is 11.5 Å². The van der Waals surface area contributed by atoms with Gasteiger partial charge in [0.15, 0.2) is 11.5 Å². The van der Waals surface area contributed by atoms with E-state index in [9.17, 15) is 9.59 Å². The molecule has 1 aliphatic heterocycles. The van der Waals surface area contributed by atoms with Crippen molar-refractivity contribution in [3.05, 3.63) is 69.7 Å². The third-order valence-electron chi connectivity index (χ3n) is 4.78. The molecule has 0 atom stereocenters. The second-order valence-electron chi connectivity index (χ2n) is 6.85. The SMILES string of the molecule is CCOC(=O)c1ccc(C(=O)N(Cc2cccs2)c2ccc3c(c2)OCCO3)nc1C. The van der Waals surface area contributed by atoms with Crippen molar-refractivity contribution in [1.29, 1.82) is 0 Å². The molecule has 0 aliphatic carbocycles. The lowest BCUT2D eigenvalue weighted by Gasteiger charge is -2.25. The van der Waals surface area contributed by atoms with E-state index in [1.165, 1.54) is 0 Å². The third-order valence-corrected chi connectivity index (χ3v) is 5.64. The van der Waals surface area contributed by atoms with Crippen molar-refractivity contribution in [2.75, 3.05) is 24.7 Å². The average Bonchev–Trinajstić information content (AvgIpc) is 3.30. The summed E-state index contributed by atoms with van der Waals surface area (Å²) in [4.78, 5) is 32.6. The number of rotatable bonds is 6. The fraction of sp³-hybridized carbons (Fsp3) is 0.261. The molecule has 1 aliphatic rings. The van der Waals surface area contributed by atoms with E-state index < -0.39 is 5.97 Å². The first-order valence-electron chi connectivity index (χ1n) is 9.95. The molecule has 1 aromatic carbocycles. The molecule has 0 radical (unpaired) electrons. The topological polar surface area (TPSA) is 78.0 Å². The number of benzene rings is 1. The maximum atomic E-state index is 13.5. The van der Waals surface area contributed by atoms with Crippen LogP contribution < -0.4 is 14.4 Å². The molecule has 0 fully saturated rings. The van der Waals surface area contributed by atoms with E-state index in [1.54, 1.807) is 54.3 Å². The van der Waals surface area contributed by atoms with Gasteiger partial charge in [0.1, 0.15) is 18.9 Å². The minimum atomic E-state index is -0.450. The lowest BCUT2D eigenvalue weighted by molar-refractivity contribution is 0.0524. The van der Waals surface area contributed by atoms with Gasteiger partial charge in [0.2, 0.25) is 0 Å². The fourth-order valence-corrected chi connectivity index (χ4v) is 3.97. The summed E-state index contributed by atoms with van der Waals surface area (Å²) in [6.45, 7) is 5.06. The van der Waals surface area contributed by atoms with Crippen molar-refractivity contribution in [2.45, 2.75) is 20.4 Å². The molecule has 2 aromatic heterocycles. The molecule has 0 bridgehead atoms. The predicted molar refractivity (Wildman–Crippen MR) is 117 cm³/mol. The lowest BCUT2D eigenvalue weighted by Crippen LogP contribution is -2.31. The first kappa shape index (κ1) is 20.9. The molecule has 4 rings (SSSR count). The van der Waals surface area contributed by atoms with E-state index in [0.717, 1.165) is 4.88 Å². The molecule has 7 nitrogen and oxygen atoms in total. The molecular formula is C23H22N2O5S. The highest BCUT2D eigenvalue weighted by Gasteiger charge is 2.24. The van der Waals surface area contributed by atoms with Crippen LogP contribution in [0.4, 0.5) is 5.69 Å². The molecule has 8 heteroatoms. The highest BCUT2D eigenvalue weighted by molar-refractivity contribution is 7.09. The van der Waals surface area contributed by atoms with E-state index in [2.05, 4.69) is 4.98 Å². The zero-order chi connectivity index (χ0) is 21.8. The van der Waals surface area contributed by atoms with Crippen molar-refractivity contribution in [3.63, 3.8) is 0 Å². The lowest BCUT2D eigenvalue weighted by atomic mass is 10.1. The number of pyridine rings is 1. The molecule has 0 saturated carbocycles. The van der Waals surface area contributed by atoms with Gasteiger partial charge in [0.25, 0.3) is 5.91 Å². The summed E-state index contributed by atoms with van der Waals surface area (Å²) in [6.07, 6.45) is 0. The minimum Gasteiger partial charge on any atom is -0.486 e. The van der Waals surface area contributed by atoms with Crippen LogP contribution in [0.5, 0.6) is 11.5 Å². The first-order valence-corrected chi connectivity index (χ1v) is 10.8. The summed E-state index contributed by atoms with van der Waals surface area (Å²) in [6, 6.07) is 12.5. The first-order chi connectivity index (χ1) is 15.1. The van der Waals surface area contributed by atoms with Gasteiger partial charge in [-0.3, -0.25) is 4.79 Å². The van der Waals surface area contributed by atoms with Crippen LogP contribution in [0.15, 0.2) is 47.8 Å². The summed E-state index contributed by atoms with van der Waals surface area (Å²) in [5, 5.41) is 1.97. The summed E-state index contributed by atoms with van der Waals surface area (Å²) < 4.78 is 16.3. The third kappa shape index (κ3) is 4.54. The number of fused-ring (bicyclic) bond motifs is 1. The second kappa shape index (κ2) is 9.18. The van der Waals surface area contributed by atoms with Crippen LogP contribution in [0, 0.1) is 6.92 Å². The minimum absolute atomic E-state index is 0.247. The van der Waals surface area contributed by atoms with Crippen LogP contribution in [0.3, 0.4) is 0 Å². The number of nitrogens with zero attached hydrogens (tertiary/aromatic N) is 2. The van der Waals surface area contributed by atoms with Crippen molar-refractivity contribution in [1.82, 2.24) is 4.98 Å². The van der Waals surface area contributed by atoms with Crippen LogP contribution in [-0.4, -0.2) is 36.7 Å². The number of carbonyl (C=O) groups excluding carboxylic acids is 2. The number of esters is 1. The standard InChI is InChI=1S/C23H22N2O5S/c1-3-28-23(27)18-7-8-19(24-15(18)2)22(26)25(14-17-5-4-12-31-17)16-6-9-20-21(13-16)30-11-10-29-20/h4-9,12-13H,3,10-11,14H2,1-2H3. The Morgan fingerprint density at radius 2 is 1.94 bits per heavy atom. The highest BCUT2D eigenvalue weighted by atomic mass is 32.1. The van der Waals surface area contributed by atoms with Crippen LogP contribution >= 0.6 is 11.3 Å². The van der Waals surface area contributed by atoms with Gasteiger partial charge in [0.05, 0.1) is 24.4 Å². The molecule has 0 unspecified atom stereocenters. The van der Waals surface area contributed by atoms with Gasteiger partial charge < -0.3 is 19.1 Å². The normalized spacial score (nSPS) is 12.3. The van der Waals surface area contributed by atoms with Crippen LogP contribution in [-0.2, 0) is 11.3 Å². The Bertz CT molecular complexity index is 1100. The van der Waals surface area contributed by atoms with Gasteiger partial charge in [-0.25, -0.2) is 9.78 Å². The van der Waals surface area contributed by atoms with Crippen LogP contribution in [0.25, 0.3) is 0 Å². The molecule has 3 heterocycles. The largest absolute Gasteiger partial charge is 0.486 e. The zero-order valence-electron chi connectivity index (χ0n) is 17.3. The number of anilines is 1.